The van der Waals surface area contributed by atoms with E-state index in [1.807, 2.05) is 38.1 Å². The molecule has 26 heavy (non-hydrogen) atoms. The van der Waals surface area contributed by atoms with Crippen molar-refractivity contribution in [2.45, 2.75) is 40.2 Å². The molecule has 1 aromatic heterocycles. The molecule has 0 fully saturated rings. The van der Waals surface area contributed by atoms with Gasteiger partial charge in [0.05, 0.1) is 24.6 Å². The summed E-state index contributed by atoms with van der Waals surface area (Å²) in [5.74, 6) is 2.66. The third-order valence-corrected chi connectivity index (χ3v) is 3.40. The number of aliphatic imine (C=N–C) groups is 1. The molecule has 3 N–H and O–H groups in total. The summed E-state index contributed by atoms with van der Waals surface area (Å²) in [6.07, 6.45) is 0. The smallest absolute Gasteiger partial charge is 0.193 e. The summed E-state index contributed by atoms with van der Waals surface area (Å²) in [6, 6.07) is 7.43. The molecule has 0 amide bonds. The van der Waals surface area contributed by atoms with E-state index in [0.29, 0.717) is 42.9 Å². The largest absolute Gasteiger partial charge is 0.494 e. The number of ether oxygens (including phenoxy) is 2. The molecule has 144 valence electrons. The van der Waals surface area contributed by atoms with Crippen LogP contribution in [0.4, 0.5) is 5.69 Å². The summed E-state index contributed by atoms with van der Waals surface area (Å²) in [4.78, 5) is 4.29. The van der Waals surface area contributed by atoms with Crippen LogP contribution < -0.4 is 20.5 Å². The second-order valence-corrected chi connectivity index (χ2v) is 5.72. The van der Waals surface area contributed by atoms with Gasteiger partial charge in [-0.05, 0) is 31.9 Å². The number of hydrogen-bond donors (Lipinski definition) is 2. The van der Waals surface area contributed by atoms with Crippen molar-refractivity contribution in [2.24, 2.45) is 10.7 Å². The quantitative estimate of drug-likeness (QED) is 0.339. The monoisotopic (exact) mass is 474 g/mol. The number of hydrogen-bond acceptors (Lipinski definition) is 5. The van der Waals surface area contributed by atoms with Gasteiger partial charge in [-0.3, -0.25) is 0 Å². The van der Waals surface area contributed by atoms with Gasteiger partial charge in [0, 0.05) is 12.1 Å². The lowest BCUT2D eigenvalue weighted by atomic mass is 10.1. The van der Waals surface area contributed by atoms with E-state index in [9.17, 15) is 0 Å². The Kier molecular flexibility index (Phi) is 9.25. The first-order valence-corrected chi connectivity index (χ1v) is 8.45. The second-order valence-electron chi connectivity index (χ2n) is 5.72. The molecule has 0 spiro atoms. The molecule has 0 aliphatic rings. The van der Waals surface area contributed by atoms with Gasteiger partial charge in [0.2, 0.25) is 0 Å². The van der Waals surface area contributed by atoms with Crippen LogP contribution in [0.25, 0.3) is 0 Å². The van der Waals surface area contributed by atoms with E-state index in [1.54, 1.807) is 0 Å². The first kappa shape index (κ1) is 22.1. The third kappa shape index (κ3) is 6.40. The number of anilines is 1. The Morgan fingerprint density at radius 1 is 1.23 bits per heavy atom. The Morgan fingerprint density at radius 3 is 2.58 bits per heavy atom. The predicted molar refractivity (Wildman–Crippen MR) is 114 cm³/mol. The Morgan fingerprint density at radius 2 is 1.96 bits per heavy atom. The molecule has 0 atom stereocenters. The van der Waals surface area contributed by atoms with Crippen molar-refractivity contribution in [1.82, 2.24) is 5.16 Å². The number of guanidine groups is 1. The molecule has 1 heterocycles. The summed E-state index contributed by atoms with van der Waals surface area (Å²) in [7, 11) is 0. The Labute approximate surface area is 171 Å². The molecule has 0 aliphatic carbocycles. The van der Waals surface area contributed by atoms with Crippen molar-refractivity contribution in [3.05, 3.63) is 35.7 Å². The Balaban J connectivity index is 0.00000338. The predicted octanol–water partition coefficient (Wildman–Crippen LogP) is 4.14. The maximum atomic E-state index is 5.99. The molecule has 0 saturated carbocycles. The molecule has 0 bridgehead atoms. The zero-order valence-electron chi connectivity index (χ0n) is 15.6. The van der Waals surface area contributed by atoms with Crippen LogP contribution in [-0.2, 0) is 6.54 Å². The highest BCUT2D eigenvalue weighted by Gasteiger charge is 2.09. The second kappa shape index (κ2) is 10.9. The summed E-state index contributed by atoms with van der Waals surface area (Å²) < 4.78 is 16.4. The molecule has 0 radical (unpaired) electrons. The van der Waals surface area contributed by atoms with Crippen LogP contribution in [0.15, 0.2) is 33.8 Å². The SMILES string of the molecule is CCOc1ccc(OCC)c(NC(N)=NCc2cc(C(C)C)no2)c1.I. The number of nitrogens with zero attached hydrogens (tertiary/aromatic N) is 2. The Hall–Kier alpha value is -1.97. The van der Waals surface area contributed by atoms with Gasteiger partial charge < -0.3 is 25.0 Å². The highest BCUT2D eigenvalue weighted by atomic mass is 127. The summed E-state index contributed by atoms with van der Waals surface area (Å²) in [6.45, 7) is 9.42. The number of benzene rings is 1. The highest BCUT2D eigenvalue weighted by Crippen LogP contribution is 2.29. The lowest BCUT2D eigenvalue weighted by Gasteiger charge is -2.13. The fourth-order valence-corrected chi connectivity index (χ4v) is 2.16. The molecule has 2 rings (SSSR count). The molecule has 0 aliphatic heterocycles. The first-order valence-electron chi connectivity index (χ1n) is 8.45. The molecule has 8 heteroatoms. The number of rotatable bonds is 8. The standard InChI is InChI=1S/C18H26N4O3.HI/c1-5-23-13-7-8-17(24-6-2)16(9-13)21-18(19)20-11-14-10-15(12(3)4)22-25-14;/h7-10,12H,5-6,11H2,1-4H3,(H3,19,20,21);1H. The normalized spacial score (nSPS) is 11.2. The minimum absolute atomic E-state index is 0. The zero-order valence-corrected chi connectivity index (χ0v) is 17.9. The van der Waals surface area contributed by atoms with Gasteiger partial charge in [-0.25, -0.2) is 4.99 Å². The maximum absolute atomic E-state index is 5.99. The van der Waals surface area contributed by atoms with Gasteiger partial charge >= 0.3 is 0 Å². The van der Waals surface area contributed by atoms with Crippen LogP contribution in [0.3, 0.4) is 0 Å². The van der Waals surface area contributed by atoms with Crippen LogP contribution in [0.2, 0.25) is 0 Å². The molecule has 1 aromatic carbocycles. The van der Waals surface area contributed by atoms with Crippen LogP contribution in [0.5, 0.6) is 11.5 Å². The van der Waals surface area contributed by atoms with E-state index in [1.165, 1.54) is 0 Å². The van der Waals surface area contributed by atoms with Crippen LogP contribution in [0, 0.1) is 0 Å². The van der Waals surface area contributed by atoms with Crippen LogP contribution in [0.1, 0.15) is 45.1 Å². The minimum Gasteiger partial charge on any atom is -0.494 e. The van der Waals surface area contributed by atoms with Gasteiger partial charge in [0.15, 0.2) is 11.7 Å². The molecular formula is C18H27IN4O3. The number of nitrogens with two attached hydrogens (primary N) is 1. The Bertz CT molecular complexity index is 716. The first-order chi connectivity index (χ1) is 12.0. The van der Waals surface area contributed by atoms with E-state index >= 15 is 0 Å². The number of aromatic nitrogens is 1. The average Bonchev–Trinajstić information content (AvgIpc) is 3.05. The van der Waals surface area contributed by atoms with E-state index in [4.69, 9.17) is 19.7 Å². The van der Waals surface area contributed by atoms with Crippen molar-refractivity contribution in [3.63, 3.8) is 0 Å². The highest BCUT2D eigenvalue weighted by molar-refractivity contribution is 14.0. The van der Waals surface area contributed by atoms with E-state index in [0.717, 1.165) is 11.4 Å². The van der Waals surface area contributed by atoms with E-state index in [2.05, 4.69) is 29.3 Å². The molecule has 0 unspecified atom stereocenters. The summed E-state index contributed by atoms with van der Waals surface area (Å²) >= 11 is 0. The van der Waals surface area contributed by atoms with Crippen molar-refractivity contribution in [3.8, 4) is 11.5 Å². The van der Waals surface area contributed by atoms with Gasteiger partial charge in [-0.2, -0.15) is 0 Å². The third-order valence-electron chi connectivity index (χ3n) is 3.40. The fraction of sp³-hybridized carbons (Fsp3) is 0.444. The van der Waals surface area contributed by atoms with Crippen molar-refractivity contribution in [1.29, 1.82) is 0 Å². The molecular weight excluding hydrogens is 447 g/mol. The zero-order chi connectivity index (χ0) is 18.2. The molecule has 0 saturated heterocycles. The molecule has 7 nitrogen and oxygen atoms in total. The average molecular weight is 474 g/mol. The lowest BCUT2D eigenvalue weighted by Crippen LogP contribution is -2.23. The topological polar surface area (TPSA) is 94.9 Å². The van der Waals surface area contributed by atoms with Gasteiger partial charge in [-0.1, -0.05) is 19.0 Å². The van der Waals surface area contributed by atoms with E-state index in [-0.39, 0.29) is 29.9 Å². The maximum Gasteiger partial charge on any atom is 0.193 e. The fourth-order valence-electron chi connectivity index (χ4n) is 2.16. The number of nitrogens with one attached hydrogen (secondary N) is 1. The van der Waals surface area contributed by atoms with E-state index < -0.39 is 0 Å². The van der Waals surface area contributed by atoms with Crippen molar-refractivity contribution < 1.29 is 14.0 Å². The van der Waals surface area contributed by atoms with Crippen molar-refractivity contribution in [2.75, 3.05) is 18.5 Å². The molecule has 2 aromatic rings. The summed E-state index contributed by atoms with van der Waals surface area (Å²) in [5.41, 5.74) is 7.60. The van der Waals surface area contributed by atoms with Crippen molar-refractivity contribution >= 4 is 35.6 Å². The number of halogens is 1. The van der Waals surface area contributed by atoms with Gasteiger partial charge in [0.1, 0.15) is 18.0 Å². The summed E-state index contributed by atoms with van der Waals surface area (Å²) in [5, 5.41) is 7.06. The minimum atomic E-state index is 0. The lowest BCUT2D eigenvalue weighted by molar-refractivity contribution is 0.332. The van der Waals surface area contributed by atoms with Gasteiger partial charge in [0.25, 0.3) is 0 Å². The van der Waals surface area contributed by atoms with Crippen LogP contribution >= 0.6 is 24.0 Å². The van der Waals surface area contributed by atoms with Crippen LogP contribution in [-0.4, -0.2) is 24.3 Å². The van der Waals surface area contributed by atoms with Gasteiger partial charge in [-0.15, -0.1) is 24.0 Å².